The van der Waals surface area contributed by atoms with Crippen LogP contribution in [0.15, 0.2) is 24.8 Å². The van der Waals surface area contributed by atoms with E-state index in [-0.39, 0.29) is 0 Å². The number of nitrogens with one attached hydrogen (secondary N) is 1. The maximum Gasteiger partial charge on any atom is 0.169 e. The number of ether oxygens (including phenoxy) is 1. The Hall–Kier alpha value is -1.84. The third-order valence-electron chi connectivity index (χ3n) is 1.59. The predicted molar refractivity (Wildman–Crippen MR) is 54.9 cm³/mol. The van der Waals surface area contributed by atoms with Crippen molar-refractivity contribution in [1.29, 1.82) is 0 Å². The van der Waals surface area contributed by atoms with Gasteiger partial charge in [-0.2, -0.15) is 0 Å². The first-order valence-electron chi connectivity index (χ1n) is 4.19. The van der Waals surface area contributed by atoms with Crippen LogP contribution in [0.25, 0.3) is 0 Å². The number of hydrogen-bond acceptors (Lipinski definition) is 4. The first kappa shape index (κ1) is 10.2. The van der Waals surface area contributed by atoms with E-state index in [1.54, 1.807) is 25.3 Å². The van der Waals surface area contributed by atoms with Crippen molar-refractivity contribution in [1.82, 2.24) is 4.98 Å². The smallest absolute Gasteiger partial charge is 0.169 e. The van der Waals surface area contributed by atoms with Crippen LogP contribution in [0.3, 0.4) is 0 Å². The fourth-order valence-electron chi connectivity index (χ4n) is 0.971. The summed E-state index contributed by atoms with van der Waals surface area (Å²) in [6.07, 6.45) is 2.34. The maximum atomic E-state index is 10.5. The van der Waals surface area contributed by atoms with Gasteiger partial charge in [-0.05, 0) is 12.1 Å². The molecule has 1 rings (SSSR count). The van der Waals surface area contributed by atoms with E-state index in [2.05, 4.69) is 16.9 Å². The van der Waals surface area contributed by atoms with Crippen LogP contribution < -0.4 is 10.1 Å². The van der Waals surface area contributed by atoms with Gasteiger partial charge in [0, 0.05) is 7.05 Å². The lowest BCUT2D eigenvalue weighted by Crippen LogP contribution is -2.01. The Morgan fingerprint density at radius 1 is 1.64 bits per heavy atom. The van der Waals surface area contributed by atoms with E-state index >= 15 is 0 Å². The molecular formula is C10H12N2O2. The number of rotatable bonds is 5. The predicted octanol–water partition coefficient (Wildman–Crippen LogP) is 1.50. The van der Waals surface area contributed by atoms with Crippen molar-refractivity contribution >= 4 is 12.1 Å². The second-order valence-electron chi connectivity index (χ2n) is 2.55. The molecule has 0 unspecified atom stereocenters. The third kappa shape index (κ3) is 2.32. The normalized spacial score (nSPS) is 9.21. The fraction of sp³-hybridized carbons (Fsp3) is 0.200. The molecule has 1 aromatic heterocycles. The number of anilines is 1. The van der Waals surface area contributed by atoms with Gasteiger partial charge in [0.1, 0.15) is 12.3 Å². The van der Waals surface area contributed by atoms with Crippen LogP contribution in [0, 0.1) is 0 Å². The number of hydrogen-bond donors (Lipinski definition) is 1. The molecule has 0 aromatic carbocycles. The molecule has 0 spiro atoms. The third-order valence-corrected chi connectivity index (χ3v) is 1.59. The van der Waals surface area contributed by atoms with Gasteiger partial charge in [0.15, 0.2) is 17.9 Å². The Kier molecular flexibility index (Phi) is 3.67. The lowest BCUT2D eigenvalue weighted by Gasteiger charge is -2.08. The van der Waals surface area contributed by atoms with Crippen LogP contribution in [0.4, 0.5) is 5.82 Å². The summed E-state index contributed by atoms with van der Waals surface area (Å²) >= 11 is 0. The van der Waals surface area contributed by atoms with Crippen molar-refractivity contribution in [3.8, 4) is 5.75 Å². The molecule has 0 saturated carbocycles. The number of carbonyl (C=O) groups is 1. The summed E-state index contributed by atoms with van der Waals surface area (Å²) in [5, 5.41) is 2.85. The van der Waals surface area contributed by atoms with E-state index in [0.717, 1.165) is 0 Å². The molecule has 0 saturated heterocycles. The van der Waals surface area contributed by atoms with E-state index in [1.807, 2.05) is 0 Å². The van der Waals surface area contributed by atoms with Gasteiger partial charge in [0.25, 0.3) is 0 Å². The molecule has 14 heavy (non-hydrogen) atoms. The van der Waals surface area contributed by atoms with Crippen LogP contribution in [0.5, 0.6) is 5.75 Å². The van der Waals surface area contributed by atoms with Gasteiger partial charge >= 0.3 is 0 Å². The first-order chi connectivity index (χ1) is 6.81. The van der Waals surface area contributed by atoms with Crippen molar-refractivity contribution in [3.63, 3.8) is 0 Å². The van der Waals surface area contributed by atoms with Crippen molar-refractivity contribution in [2.75, 3.05) is 19.0 Å². The molecule has 0 aliphatic carbocycles. The summed E-state index contributed by atoms with van der Waals surface area (Å²) in [6.45, 7) is 3.96. The molecule has 0 radical (unpaired) electrons. The molecule has 1 aromatic rings. The summed E-state index contributed by atoms with van der Waals surface area (Å²) in [6, 6.07) is 3.30. The average molecular weight is 192 g/mol. The number of nitrogens with zero attached hydrogens (tertiary/aromatic N) is 1. The van der Waals surface area contributed by atoms with E-state index in [4.69, 9.17) is 4.74 Å². The number of pyridine rings is 1. The van der Waals surface area contributed by atoms with Crippen LogP contribution in [-0.4, -0.2) is 24.9 Å². The van der Waals surface area contributed by atoms with Crippen LogP contribution in [0.2, 0.25) is 0 Å². The monoisotopic (exact) mass is 192 g/mol. The van der Waals surface area contributed by atoms with Gasteiger partial charge in [0.2, 0.25) is 0 Å². The minimum absolute atomic E-state index is 0.375. The van der Waals surface area contributed by atoms with Gasteiger partial charge in [0.05, 0.1) is 0 Å². The lowest BCUT2D eigenvalue weighted by atomic mass is 10.3. The first-order valence-corrected chi connectivity index (χ1v) is 4.19. The molecule has 1 heterocycles. The van der Waals surface area contributed by atoms with Crippen LogP contribution >= 0.6 is 0 Å². The Balaban J connectivity index is 2.92. The van der Waals surface area contributed by atoms with Crippen LogP contribution in [0.1, 0.15) is 10.5 Å². The largest absolute Gasteiger partial charge is 0.486 e. The van der Waals surface area contributed by atoms with Gasteiger partial charge in [-0.1, -0.05) is 12.7 Å². The minimum atomic E-state index is 0.375. The molecule has 0 amide bonds. The highest BCUT2D eigenvalue weighted by Crippen LogP contribution is 2.21. The molecular weight excluding hydrogens is 180 g/mol. The highest BCUT2D eigenvalue weighted by atomic mass is 16.5. The second-order valence-corrected chi connectivity index (χ2v) is 2.55. The highest BCUT2D eigenvalue weighted by molar-refractivity contribution is 5.73. The van der Waals surface area contributed by atoms with E-state index < -0.39 is 0 Å². The SMILES string of the molecule is C=CCOc1ccc(C=O)nc1NC. The topological polar surface area (TPSA) is 51.2 Å². The highest BCUT2D eigenvalue weighted by Gasteiger charge is 2.03. The summed E-state index contributed by atoms with van der Waals surface area (Å²) in [5.74, 6) is 1.16. The zero-order valence-electron chi connectivity index (χ0n) is 7.99. The Morgan fingerprint density at radius 3 is 3.00 bits per heavy atom. The molecule has 74 valence electrons. The van der Waals surface area contributed by atoms with E-state index in [9.17, 15) is 4.79 Å². The van der Waals surface area contributed by atoms with Crippen molar-refractivity contribution in [2.45, 2.75) is 0 Å². The summed E-state index contributed by atoms with van der Waals surface area (Å²) < 4.78 is 5.32. The zero-order chi connectivity index (χ0) is 10.4. The molecule has 0 fully saturated rings. The molecule has 4 heteroatoms. The standard InChI is InChI=1S/C10H12N2O2/c1-3-6-14-9-5-4-8(7-13)12-10(9)11-2/h3-5,7H,1,6H2,2H3,(H,11,12). The number of aromatic nitrogens is 1. The molecule has 4 nitrogen and oxygen atoms in total. The molecule has 0 atom stereocenters. The molecule has 0 bridgehead atoms. The van der Waals surface area contributed by atoms with Crippen molar-refractivity contribution < 1.29 is 9.53 Å². The lowest BCUT2D eigenvalue weighted by molar-refractivity contribution is 0.111. The number of carbonyl (C=O) groups excluding carboxylic acids is 1. The van der Waals surface area contributed by atoms with Gasteiger partial charge in [-0.3, -0.25) is 4.79 Å². The minimum Gasteiger partial charge on any atom is -0.486 e. The Morgan fingerprint density at radius 2 is 2.43 bits per heavy atom. The fourth-order valence-corrected chi connectivity index (χ4v) is 0.971. The van der Waals surface area contributed by atoms with Gasteiger partial charge in [-0.15, -0.1) is 0 Å². The van der Waals surface area contributed by atoms with Crippen molar-refractivity contribution in [3.05, 3.63) is 30.5 Å². The number of aldehydes is 1. The zero-order valence-corrected chi connectivity index (χ0v) is 7.99. The van der Waals surface area contributed by atoms with E-state index in [1.165, 1.54) is 0 Å². The Labute approximate surface area is 82.6 Å². The quantitative estimate of drug-likeness (QED) is 0.567. The molecule has 0 aliphatic heterocycles. The van der Waals surface area contributed by atoms with Crippen LogP contribution in [-0.2, 0) is 0 Å². The Bertz CT molecular complexity index is 337. The van der Waals surface area contributed by atoms with Crippen molar-refractivity contribution in [2.24, 2.45) is 0 Å². The summed E-state index contributed by atoms with van der Waals surface area (Å²) in [4.78, 5) is 14.5. The second kappa shape index (κ2) is 5.01. The van der Waals surface area contributed by atoms with Gasteiger partial charge < -0.3 is 10.1 Å². The van der Waals surface area contributed by atoms with Gasteiger partial charge in [-0.25, -0.2) is 4.98 Å². The maximum absolute atomic E-state index is 10.5. The average Bonchev–Trinajstić information content (AvgIpc) is 2.26. The summed E-state index contributed by atoms with van der Waals surface area (Å²) in [7, 11) is 1.72. The van der Waals surface area contributed by atoms with E-state index in [0.29, 0.717) is 30.2 Å². The molecule has 1 N–H and O–H groups in total. The molecule has 0 aliphatic rings. The summed E-state index contributed by atoms with van der Waals surface area (Å²) in [5.41, 5.74) is 0.375.